The van der Waals surface area contributed by atoms with Gasteiger partial charge in [-0.25, -0.2) is 29.9 Å². The molecule has 12 bridgehead atoms. The van der Waals surface area contributed by atoms with Crippen molar-refractivity contribution in [2.75, 3.05) is 25.1 Å². The molecule has 8 rings (SSSR count). The quantitative estimate of drug-likeness (QED) is 0.148. The van der Waals surface area contributed by atoms with Crippen LogP contribution in [0.2, 0.25) is 0 Å². The molecule has 3 fully saturated rings. The number of anilines is 1. The van der Waals surface area contributed by atoms with Gasteiger partial charge in [-0.2, -0.15) is 0 Å². The van der Waals surface area contributed by atoms with Gasteiger partial charge in [0.15, 0.2) is 28.9 Å². The van der Waals surface area contributed by atoms with Crippen LogP contribution in [-0.2, 0) is 62.6 Å². The van der Waals surface area contributed by atoms with Crippen molar-refractivity contribution >= 4 is 65.7 Å². The maximum atomic E-state index is 13.7. The van der Waals surface area contributed by atoms with Crippen molar-refractivity contribution < 1.29 is 42.1 Å². The van der Waals surface area contributed by atoms with Crippen LogP contribution >= 0.6 is 13.5 Å². The van der Waals surface area contributed by atoms with E-state index in [4.69, 9.17) is 51.6 Å². The van der Waals surface area contributed by atoms with Crippen molar-refractivity contribution in [2.45, 2.75) is 62.7 Å². The predicted molar refractivity (Wildman–Crippen MR) is 170 cm³/mol. The minimum absolute atomic E-state index is 0.328. The van der Waals surface area contributed by atoms with Gasteiger partial charge in [-0.15, -0.1) is 0 Å². The minimum Gasteiger partial charge on any atom is -0.780 e. The van der Waals surface area contributed by atoms with E-state index in [0.29, 0.717) is 47.5 Å². The third-order valence-corrected chi connectivity index (χ3v) is 11.8. The van der Waals surface area contributed by atoms with Gasteiger partial charge in [-0.1, -0.05) is 30.9 Å². The molecule has 0 aliphatic carbocycles. The Morgan fingerprint density at radius 1 is 0.938 bits per heavy atom. The number of imidazole rings is 2. The Bertz CT molecular complexity index is 1980. The van der Waals surface area contributed by atoms with E-state index in [1.807, 2.05) is 19.1 Å². The Balaban J connectivity index is 1.23. The first-order valence-corrected chi connectivity index (χ1v) is 20.2. The molecule has 0 spiro atoms. The van der Waals surface area contributed by atoms with Gasteiger partial charge in [0.05, 0.1) is 37.7 Å². The summed E-state index contributed by atoms with van der Waals surface area (Å²) in [7, 11) is 0. The second-order valence-electron chi connectivity index (χ2n) is 11.7. The van der Waals surface area contributed by atoms with E-state index in [2.05, 4.69) is 35.2 Å². The first kappa shape index (κ1) is 32.7. The van der Waals surface area contributed by atoms with Gasteiger partial charge in [0.2, 0.25) is 6.80 Å². The van der Waals surface area contributed by atoms with Crippen LogP contribution in [-0.4, -0.2) is 94.4 Å². The second-order valence-corrected chi connectivity index (χ2v) is 17.1. The molecule has 4 aromatic heterocycles. The highest BCUT2D eigenvalue weighted by Gasteiger charge is 2.50. The monoisotopic (exact) mass is 737 g/mol. The van der Waals surface area contributed by atoms with Gasteiger partial charge in [-0.3, -0.25) is 13.7 Å². The molecule has 0 amide bonds. The zero-order valence-electron chi connectivity index (χ0n) is 25.1. The molecule has 4 aromatic rings. The third-order valence-electron chi connectivity index (χ3n) is 8.70. The molecule has 18 nitrogen and oxygen atoms in total. The van der Waals surface area contributed by atoms with Crippen LogP contribution in [0.1, 0.15) is 31.5 Å². The summed E-state index contributed by atoms with van der Waals surface area (Å²) < 4.78 is 52.5. The Morgan fingerprint density at radius 3 is 2.48 bits per heavy atom. The van der Waals surface area contributed by atoms with Gasteiger partial charge in [0, 0.05) is 12.5 Å². The van der Waals surface area contributed by atoms with Crippen molar-refractivity contribution in [1.29, 1.82) is 0 Å². The summed E-state index contributed by atoms with van der Waals surface area (Å²) in [6, 6.07) is 0. The Hall–Kier alpha value is -2.45. The second kappa shape index (κ2) is 12.7. The van der Waals surface area contributed by atoms with Gasteiger partial charge in [0.25, 0.3) is 0 Å². The van der Waals surface area contributed by atoms with E-state index >= 15 is 0 Å². The maximum absolute atomic E-state index is 13.7. The molecule has 256 valence electrons. The zero-order valence-corrected chi connectivity index (χ0v) is 28.5. The number of ether oxygens (including phenoxy) is 2. The number of rotatable bonds is 0. The number of aryl methyl sites for hydroxylation is 1. The first-order valence-electron chi connectivity index (χ1n) is 15.1. The molecule has 10 atom stereocenters. The van der Waals surface area contributed by atoms with E-state index < -0.39 is 75.6 Å². The summed E-state index contributed by atoms with van der Waals surface area (Å²) >= 11 is 10.6. The van der Waals surface area contributed by atoms with Crippen LogP contribution in [0.5, 0.6) is 0 Å². The van der Waals surface area contributed by atoms with Crippen molar-refractivity contribution in [1.82, 2.24) is 39.0 Å². The highest BCUT2D eigenvalue weighted by atomic mass is 32.7. The standard InChI is InChI=1S/C26H31N9O9P2S2/c1-13-20-16-8-40-46(38,48)44-21-19(36)15(7-39-45(37,47)43-20)41-26(21)35-12-33-18-22(29-10-31-24(18)35)27-6-4-2-3-5-14-17-23(30-9-28-14)34(11-32-17)25(13)42-16/h2,4,9-13,15-16,19-21,25-26,36H,3,5-8H2,1H3,(H,37,47)(H,38,48)(H,27,29,31)/p-2/t13-,15-,16-,19-,20+,21-,25-,26?,45?,46?/m1/s1. The van der Waals surface area contributed by atoms with Gasteiger partial charge < -0.3 is 55.1 Å². The lowest BCUT2D eigenvalue weighted by molar-refractivity contribution is -0.216. The van der Waals surface area contributed by atoms with Crippen LogP contribution in [0.4, 0.5) is 5.82 Å². The zero-order chi connectivity index (χ0) is 33.2. The van der Waals surface area contributed by atoms with E-state index in [1.165, 1.54) is 23.5 Å². The number of nitrogens with zero attached hydrogens (tertiary/aromatic N) is 8. The maximum Gasteiger partial charge on any atom is 0.200 e. The number of hydrogen-bond donors (Lipinski definition) is 2. The molecule has 22 heteroatoms. The molecule has 3 saturated heterocycles. The van der Waals surface area contributed by atoms with Crippen LogP contribution in [0, 0.1) is 5.92 Å². The summed E-state index contributed by atoms with van der Waals surface area (Å²) in [5.74, 6) is -0.0573. The summed E-state index contributed by atoms with van der Waals surface area (Å²) in [6.07, 6.45) is 3.30. The molecule has 0 saturated carbocycles. The SMILES string of the molecule is C[C@@H]1[C@@H]2OP([O-])(=S)OC[C@H]3OC4[C@H](OP(=O)([S-])OC[C@H]2O[C@H]1n1cnc2c(ncnc21)CCC=CCNc1ncnc2c1ncn24)[C@@H]3O. The topological polar surface area (TPSA) is 215 Å². The third kappa shape index (κ3) is 6.01. The molecule has 0 aromatic carbocycles. The predicted octanol–water partition coefficient (Wildman–Crippen LogP) is 1.43. The molecule has 2 N–H and O–H groups in total. The van der Waals surface area contributed by atoms with Crippen LogP contribution in [0.25, 0.3) is 22.3 Å². The lowest BCUT2D eigenvalue weighted by Crippen LogP contribution is -2.35. The Labute approximate surface area is 283 Å². The molecule has 0 radical (unpaired) electrons. The summed E-state index contributed by atoms with van der Waals surface area (Å²) in [5, 5.41) is 14.5. The van der Waals surface area contributed by atoms with Crippen LogP contribution in [0.15, 0.2) is 37.5 Å². The molecule has 3 unspecified atom stereocenters. The number of aromatic nitrogens is 8. The number of fused-ring (bicyclic) bond motifs is 7. The number of allylic oxidation sites excluding steroid dienone is 1. The highest BCUT2D eigenvalue weighted by Crippen LogP contribution is 2.54. The smallest absolute Gasteiger partial charge is 0.200 e. The van der Waals surface area contributed by atoms with E-state index in [1.54, 1.807) is 10.9 Å². The molecule has 4 aliphatic rings. The van der Waals surface area contributed by atoms with Crippen LogP contribution in [0.3, 0.4) is 0 Å². The van der Waals surface area contributed by atoms with E-state index in [-0.39, 0.29) is 0 Å². The fourth-order valence-corrected chi connectivity index (χ4v) is 9.29. The number of aliphatic hydroxyl groups is 1. The number of hydrogen-bond acceptors (Lipinski definition) is 18. The van der Waals surface area contributed by atoms with Crippen molar-refractivity contribution in [3.8, 4) is 0 Å². The average molecular weight is 738 g/mol. The number of aliphatic hydroxyl groups excluding tert-OH is 1. The van der Waals surface area contributed by atoms with E-state index in [9.17, 15) is 14.6 Å². The fraction of sp³-hybridized carbons (Fsp3) is 0.538. The Kier molecular flexibility index (Phi) is 8.67. The van der Waals surface area contributed by atoms with Gasteiger partial charge >= 0.3 is 0 Å². The minimum atomic E-state index is -4.34. The van der Waals surface area contributed by atoms with Crippen molar-refractivity contribution in [3.05, 3.63) is 43.2 Å². The van der Waals surface area contributed by atoms with Crippen molar-refractivity contribution in [2.24, 2.45) is 5.92 Å². The molecule has 48 heavy (non-hydrogen) atoms. The fourth-order valence-electron chi connectivity index (χ4n) is 6.39. The lowest BCUT2D eigenvalue weighted by Gasteiger charge is -2.35. The summed E-state index contributed by atoms with van der Waals surface area (Å²) in [4.78, 5) is 40.3. The summed E-state index contributed by atoms with van der Waals surface area (Å²) in [5.41, 5.74) is 2.60. The molecular weight excluding hydrogens is 708 g/mol. The van der Waals surface area contributed by atoms with Crippen molar-refractivity contribution in [3.63, 3.8) is 0 Å². The lowest BCUT2D eigenvalue weighted by atomic mass is 10.0. The van der Waals surface area contributed by atoms with E-state index in [0.717, 1.165) is 5.69 Å². The Morgan fingerprint density at radius 2 is 1.65 bits per heavy atom. The average Bonchev–Trinajstić information content (AvgIpc) is 3.81. The molecule has 4 aliphatic heterocycles. The van der Waals surface area contributed by atoms with Crippen LogP contribution < -0.4 is 10.2 Å². The van der Waals surface area contributed by atoms with Gasteiger partial charge in [0.1, 0.15) is 55.5 Å². The van der Waals surface area contributed by atoms with Gasteiger partial charge in [-0.05, 0) is 12.8 Å². The summed E-state index contributed by atoms with van der Waals surface area (Å²) in [6.45, 7) is -7.16. The largest absolute Gasteiger partial charge is 0.780 e. The highest BCUT2D eigenvalue weighted by molar-refractivity contribution is 8.32. The number of nitrogens with one attached hydrogen (secondary N) is 1. The normalized spacial score (nSPS) is 37.5. The molecule has 8 heterocycles. The molecular formula is C26H29N9O9P2S2-2. The first-order chi connectivity index (χ1) is 23.1.